The number of rotatable bonds is 10. The van der Waals surface area contributed by atoms with Crippen LogP contribution in [0.15, 0.2) is 53.6 Å². The van der Waals surface area contributed by atoms with Gasteiger partial charge in [0.2, 0.25) is 11.8 Å². The van der Waals surface area contributed by atoms with Crippen LogP contribution in [0, 0.1) is 0 Å². The van der Waals surface area contributed by atoms with Gasteiger partial charge in [0.25, 0.3) is 11.5 Å². The molecule has 3 unspecified atom stereocenters. The lowest BCUT2D eigenvalue weighted by Crippen LogP contribution is -2.51. The van der Waals surface area contributed by atoms with Gasteiger partial charge in [0.1, 0.15) is 23.2 Å². The highest BCUT2D eigenvalue weighted by Gasteiger charge is 2.46. The fraction of sp³-hybridized carbons (Fsp3) is 0.429. The molecular weight excluding hydrogens is 652 g/mol. The minimum Gasteiger partial charge on any atom is -0.496 e. The summed E-state index contributed by atoms with van der Waals surface area (Å²) in [5.41, 5.74) is 3.54. The van der Waals surface area contributed by atoms with Gasteiger partial charge in [-0.3, -0.25) is 19.1 Å². The molecule has 4 aromatic rings. The first-order valence-corrected chi connectivity index (χ1v) is 16.4. The number of piperidine rings is 2. The molecule has 0 spiro atoms. The van der Waals surface area contributed by atoms with E-state index < -0.39 is 30.5 Å². The third-order valence-corrected chi connectivity index (χ3v) is 9.56. The first-order chi connectivity index (χ1) is 23.9. The standard InChI is InChI=1S/C35H41F2N7O6/c1-42-18-25(23-16-39-43(2)32(23)34(42)48)21-13-28(49-3)24(29(14-21)50-4)15-38-17-31(46)44-12-11-26(35(36,37)19-44)20-5-7-22(8-6-20)40-27-9-10-30(45)41-33(27)47/h5-8,13-14,16,18,26-27,33,38,40,47H,9-12,15,17,19H2,1-4H3,(H,41,45). The molecular formula is C35H41F2N7O6. The molecule has 2 aromatic carbocycles. The predicted molar refractivity (Wildman–Crippen MR) is 182 cm³/mol. The Morgan fingerprint density at radius 3 is 2.44 bits per heavy atom. The summed E-state index contributed by atoms with van der Waals surface area (Å²) >= 11 is 0. The summed E-state index contributed by atoms with van der Waals surface area (Å²) in [5.74, 6) is -3.89. The molecule has 2 amide bonds. The molecule has 2 aromatic heterocycles. The van der Waals surface area contributed by atoms with Crippen molar-refractivity contribution >= 4 is 28.4 Å². The van der Waals surface area contributed by atoms with E-state index in [-0.39, 0.29) is 50.0 Å². The average molecular weight is 694 g/mol. The van der Waals surface area contributed by atoms with Crippen molar-refractivity contribution < 1.29 is 33.0 Å². The predicted octanol–water partition coefficient (Wildman–Crippen LogP) is 2.71. The number of pyridine rings is 1. The average Bonchev–Trinajstić information content (AvgIpc) is 3.48. The number of carbonyl (C=O) groups excluding carboxylic acids is 2. The number of anilines is 1. The van der Waals surface area contributed by atoms with Gasteiger partial charge in [0.05, 0.1) is 45.5 Å². The number of halogens is 2. The molecule has 0 aliphatic carbocycles. The number of methoxy groups -OCH3 is 2. The first kappa shape index (κ1) is 34.8. The zero-order chi connectivity index (χ0) is 35.7. The highest BCUT2D eigenvalue weighted by molar-refractivity contribution is 5.94. The number of hydrogen-bond acceptors (Lipinski definition) is 9. The number of aromatic nitrogens is 3. The second-order valence-electron chi connectivity index (χ2n) is 12.8. The van der Waals surface area contributed by atoms with Gasteiger partial charge < -0.3 is 40.0 Å². The summed E-state index contributed by atoms with van der Waals surface area (Å²) in [6, 6.07) is 9.91. The van der Waals surface area contributed by atoms with Crippen molar-refractivity contribution in [1.29, 1.82) is 0 Å². The van der Waals surface area contributed by atoms with Crippen molar-refractivity contribution in [3.63, 3.8) is 0 Å². The fourth-order valence-corrected chi connectivity index (χ4v) is 6.85. The molecule has 15 heteroatoms. The maximum Gasteiger partial charge on any atom is 0.276 e. The first-order valence-electron chi connectivity index (χ1n) is 16.4. The van der Waals surface area contributed by atoms with Gasteiger partial charge in [-0.05, 0) is 48.2 Å². The van der Waals surface area contributed by atoms with Crippen LogP contribution < -0.4 is 31.0 Å². The smallest absolute Gasteiger partial charge is 0.276 e. The van der Waals surface area contributed by atoms with Crippen LogP contribution in [-0.4, -0.2) is 88.2 Å². The minimum atomic E-state index is -3.14. The van der Waals surface area contributed by atoms with Crippen molar-refractivity contribution in [3.8, 4) is 22.6 Å². The molecule has 50 heavy (non-hydrogen) atoms. The number of amides is 2. The summed E-state index contributed by atoms with van der Waals surface area (Å²) in [4.78, 5) is 38.5. The van der Waals surface area contributed by atoms with Crippen molar-refractivity contribution in [2.45, 2.75) is 49.9 Å². The van der Waals surface area contributed by atoms with Crippen LogP contribution in [0.5, 0.6) is 11.5 Å². The lowest BCUT2D eigenvalue weighted by atomic mass is 9.86. The number of aliphatic hydroxyl groups is 1. The Hall–Kier alpha value is -5.02. The van der Waals surface area contributed by atoms with Gasteiger partial charge >= 0.3 is 0 Å². The molecule has 2 aliphatic heterocycles. The zero-order valence-corrected chi connectivity index (χ0v) is 28.3. The Morgan fingerprint density at radius 1 is 1.10 bits per heavy atom. The topological polar surface area (TPSA) is 152 Å². The third-order valence-electron chi connectivity index (χ3n) is 9.56. The van der Waals surface area contributed by atoms with Crippen molar-refractivity contribution in [3.05, 3.63) is 70.3 Å². The Bertz CT molecular complexity index is 1940. The van der Waals surface area contributed by atoms with E-state index in [2.05, 4.69) is 21.0 Å². The normalized spacial score (nSPS) is 20.4. The minimum absolute atomic E-state index is 0.0945. The van der Waals surface area contributed by atoms with Gasteiger partial charge in [0, 0.05) is 62.0 Å². The molecule has 0 bridgehead atoms. The number of alkyl halides is 2. The number of nitrogens with zero attached hydrogens (tertiary/aromatic N) is 4. The third kappa shape index (κ3) is 6.87. The Balaban J connectivity index is 1.08. The number of likely N-dealkylation sites (tertiary alicyclic amines) is 1. The lowest BCUT2D eigenvalue weighted by molar-refractivity contribution is -0.143. The summed E-state index contributed by atoms with van der Waals surface area (Å²) in [6.45, 7) is -0.514. The maximum atomic E-state index is 15.5. The maximum absolute atomic E-state index is 15.5. The highest BCUT2D eigenvalue weighted by atomic mass is 19.3. The Morgan fingerprint density at radius 2 is 1.80 bits per heavy atom. The summed E-state index contributed by atoms with van der Waals surface area (Å²) in [6.07, 6.45) is 3.18. The van der Waals surface area contributed by atoms with Crippen LogP contribution in [0.2, 0.25) is 0 Å². The lowest BCUT2D eigenvalue weighted by Gasteiger charge is -2.38. The number of carbonyl (C=O) groups is 2. The van der Waals surface area contributed by atoms with Crippen LogP contribution in [0.4, 0.5) is 14.5 Å². The van der Waals surface area contributed by atoms with E-state index in [4.69, 9.17) is 9.47 Å². The zero-order valence-electron chi connectivity index (χ0n) is 28.3. The second-order valence-corrected chi connectivity index (χ2v) is 12.8. The molecule has 266 valence electrons. The Labute approximate surface area is 287 Å². The highest BCUT2D eigenvalue weighted by Crippen LogP contribution is 2.41. The quantitative estimate of drug-likeness (QED) is 0.197. The second kappa shape index (κ2) is 14.1. The largest absolute Gasteiger partial charge is 0.496 e. The number of benzene rings is 2. The number of aliphatic hydroxyl groups excluding tert-OH is 1. The number of aryl methyl sites for hydroxylation is 2. The summed E-state index contributed by atoms with van der Waals surface area (Å²) in [7, 11) is 6.42. The fourth-order valence-electron chi connectivity index (χ4n) is 6.85. The van der Waals surface area contributed by atoms with Crippen molar-refractivity contribution in [2.24, 2.45) is 14.1 Å². The Kier molecular flexibility index (Phi) is 9.80. The molecule has 2 saturated heterocycles. The van der Waals surface area contributed by atoms with Crippen LogP contribution >= 0.6 is 0 Å². The number of hydrogen-bond donors (Lipinski definition) is 4. The van der Waals surface area contributed by atoms with Gasteiger partial charge in [-0.2, -0.15) is 5.10 Å². The van der Waals surface area contributed by atoms with E-state index in [1.807, 2.05) is 12.1 Å². The molecule has 3 atom stereocenters. The molecule has 0 saturated carbocycles. The molecule has 6 rings (SSSR count). The SMILES string of the molecule is COc1cc(-c2cn(C)c(=O)c3c2cnn3C)cc(OC)c1CNCC(=O)N1CCC(c2ccc(NC3CCC(=O)NC3O)cc2)C(F)(F)C1. The van der Waals surface area contributed by atoms with E-state index in [0.29, 0.717) is 45.6 Å². The van der Waals surface area contributed by atoms with Crippen LogP contribution in [0.3, 0.4) is 0 Å². The molecule has 4 heterocycles. The number of nitrogens with one attached hydrogen (secondary N) is 3. The van der Waals surface area contributed by atoms with Gasteiger partial charge in [-0.15, -0.1) is 0 Å². The van der Waals surface area contributed by atoms with Gasteiger partial charge in [-0.1, -0.05) is 12.1 Å². The monoisotopic (exact) mass is 693 g/mol. The molecule has 2 aliphatic rings. The van der Waals surface area contributed by atoms with Crippen LogP contribution in [0.25, 0.3) is 22.0 Å². The molecule has 4 N–H and O–H groups in total. The molecule has 13 nitrogen and oxygen atoms in total. The molecule has 2 fully saturated rings. The van der Waals surface area contributed by atoms with Crippen molar-refractivity contribution in [2.75, 3.05) is 39.2 Å². The van der Waals surface area contributed by atoms with E-state index in [1.165, 1.54) is 28.4 Å². The van der Waals surface area contributed by atoms with E-state index in [1.54, 1.807) is 50.8 Å². The number of ether oxygens (including phenoxy) is 2. The van der Waals surface area contributed by atoms with E-state index in [0.717, 1.165) is 11.1 Å². The summed E-state index contributed by atoms with van der Waals surface area (Å²) < 4.78 is 45.4. The van der Waals surface area contributed by atoms with Crippen LogP contribution in [0.1, 0.15) is 36.3 Å². The summed E-state index contributed by atoms with van der Waals surface area (Å²) in [5, 5.41) is 23.7. The van der Waals surface area contributed by atoms with E-state index >= 15 is 8.78 Å². The van der Waals surface area contributed by atoms with Crippen molar-refractivity contribution in [1.82, 2.24) is 29.9 Å². The van der Waals surface area contributed by atoms with Crippen LogP contribution in [-0.2, 0) is 30.2 Å². The van der Waals surface area contributed by atoms with Gasteiger partial charge in [0.15, 0.2) is 0 Å². The molecule has 0 radical (unpaired) electrons. The van der Waals surface area contributed by atoms with E-state index in [9.17, 15) is 19.5 Å². The van der Waals surface area contributed by atoms with Gasteiger partial charge in [-0.25, -0.2) is 8.78 Å². The number of fused-ring (bicyclic) bond motifs is 1.